The first-order valence-corrected chi connectivity index (χ1v) is 9.74. The summed E-state index contributed by atoms with van der Waals surface area (Å²) in [5.41, 5.74) is 2.46. The Labute approximate surface area is 173 Å². The Kier molecular flexibility index (Phi) is 6.61. The van der Waals surface area contributed by atoms with Crippen LogP contribution in [-0.4, -0.2) is 50.2 Å². The van der Waals surface area contributed by atoms with Gasteiger partial charge in [0.15, 0.2) is 0 Å². The van der Waals surface area contributed by atoms with Crippen LogP contribution in [0.2, 0.25) is 0 Å². The van der Waals surface area contributed by atoms with Crippen LogP contribution < -0.4 is 19.7 Å². The third-order valence-electron chi connectivity index (χ3n) is 4.00. The summed E-state index contributed by atoms with van der Waals surface area (Å²) in [6.07, 6.45) is 0. The number of hydrogen-bond donors (Lipinski definition) is 1. The molecule has 1 aromatic heterocycles. The molecule has 1 N–H and O–H groups in total. The Morgan fingerprint density at radius 1 is 1.07 bits per heavy atom. The van der Waals surface area contributed by atoms with E-state index in [1.165, 1.54) is 11.8 Å². The van der Waals surface area contributed by atoms with Gasteiger partial charge < -0.3 is 24.1 Å². The molecule has 152 valence electrons. The summed E-state index contributed by atoms with van der Waals surface area (Å²) < 4.78 is 16.2. The van der Waals surface area contributed by atoms with E-state index >= 15 is 0 Å². The molecule has 0 atom stereocenters. The molecule has 2 aromatic carbocycles. The molecule has 0 aliphatic carbocycles. The van der Waals surface area contributed by atoms with Crippen LogP contribution in [0.25, 0.3) is 11.5 Å². The average molecular weight is 414 g/mol. The number of anilines is 2. The summed E-state index contributed by atoms with van der Waals surface area (Å²) in [6, 6.07) is 12.9. The molecule has 0 unspecified atom stereocenters. The number of methoxy groups -OCH3 is 2. The molecule has 0 radical (unpaired) electrons. The maximum Gasteiger partial charge on any atom is 0.277 e. The predicted octanol–water partition coefficient (Wildman–Crippen LogP) is 3.55. The van der Waals surface area contributed by atoms with Gasteiger partial charge in [-0.05, 0) is 36.4 Å². The van der Waals surface area contributed by atoms with Crippen LogP contribution in [0.1, 0.15) is 0 Å². The van der Waals surface area contributed by atoms with Crippen LogP contribution in [0.15, 0.2) is 52.1 Å². The monoisotopic (exact) mass is 414 g/mol. The van der Waals surface area contributed by atoms with Crippen LogP contribution >= 0.6 is 11.8 Å². The molecule has 1 heterocycles. The molecule has 3 aromatic rings. The predicted molar refractivity (Wildman–Crippen MR) is 113 cm³/mol. The van der Waals surface area contributed by atoms with Gasteiger partial charge in [-0.15, -0.1) is 10.2 Å². The van der Waals surface area contributed by atoms with Crippen molar-refractivity contribution < 1.29 is 18.7 Å². The van der Waals surface area contributed by atoms with Gasteiger partial charge in [0.1, 0.15) is 11.5 Å². The van der Waals surface area contributed by atoms with E-state index in [1.807, 2.05) is 43.3 Å². The lowest BCUT2D eigenvalue weighted by molar-refractivity contribution is -0.113. The molecule has 9 heteroatoms. The smallest absolute Gasteiger partial charge is 0.277 e. The highest BCUT2D eigenvalue weighted by Crippen LogP contribution is 2.30. The second kappa shape index (κ2) is 9.33. The highest BCUT2D eigenvalue weighted by molar-refractivity contribution is 7.99. The van der Waals surface area contributed by atoms with Gasteiger partial charge in [0.25, 0.3) is 5.22 Å². The van der Waals surface area contributed by atoms with Crippen molar-refractivity contribution in [2.75, 3.05) is 44.3 Å². The number of benzene rings is 2. The fourth-order valence-electron chi connectivity index (χ4n) is 2.48. The van der Waals surface area contributed by atoms with Gasteiger partial charge in [0, 0.05) is 37.1 Å². The van der Waals surface area contributed by atoms with E-state index in [0.29, 0.717) is 28.2 Å². The van der Waals surface area contributed by atoms with Crippen molar-refractivity contribution in [3.63, 3.8) is 0 Å². The quantitative estimate of drug-likeness (QED) is 0.560. The summed E-state index contributed by atoms with van der Waals surface area (Å²) in [7, 11) is 7.07. The summed E-state index contributed by atoms with van der Waals surface area (Å²) >= 11 is 1.17. The van der Waals surface area contributed by atoms with Gasteiger partial charge in [-0.2, -0.15) is 0 Å². The largest absolute Gasteiger partial charge is 0.497 e. The topological polar surface area (TPSA) is 89.7 Å². The summed E-state index contributed by atoms with van der Waals surface area (Å²) in [4.78, 5) is 14.2. The van der Waals surface area contributed by atoms with Crippen molar-refractivity contribution >= 4 is 29.0 Å². The number of ether oxygens (including phenoxy) is 2. The number of nitrogens with zero attached hydrogens (tertiary/aromatic N) is 3. The van der Waals surface area contributed by atoms with Gasteiger partial charge in [-0.1, -0.05) is 11.8 Å². The summed E-state index contributed by atoms with van der Waals surface area (Å²) in [5.74, 6) is 1.55. The average Bonchev–Trinajstić information content (AvgIpc) is 3.21. The molecule has 0 fully saturated rings. The SMILES string of the molecule is COc1cc(OC)cc(-c2nnc(SCC(=O)Nc3ccc(N(C)C)cc3)o2)c1. The Morgan fingerprint density at radius 3 is 2.31 bits per heavy atom. The Morgan fingerprint density at radius 2 is 1.72 bits per heavy atom. The van der Waals surface area contributed by atoms with E-state index in [2.05, 4.69) is 15.5 Å². The lowest BCUT2D eigenvalue weighted by atomic mass is 10.2. The third-order valence-corrected chi connectivity index (χ3v) is 4.82. The normalized spacial score (nSPS) is 10.5. The molecular weight excluding hydrogens is 392 g/mol. The molecular formula is C20H22N4O4S. The zero-order valence-corrected chi connectivity index (χ0v) is 17.4. The van der Waals surface area contributed by atoms with Crippen molar-refractivity contribution in [1.82, 2.24) is 10.2 Å². The number of aromatic nitrogens is 2. The fraction of sp³-hybridized carbons (Fsp3) is 0.250. The van der Waals surface area contributed by atoms with Gasteiger partial charge in [-0.25, -0.2) is 0 Å². The van der Waals surface area contributed by atoms with Crippen LogP contribution in [-0.2, 0) is 4.79 Å². The van der Waals surface area contributed by atoms with E-state index in [9.17, 15) is 4.79 Å². The van der Waals surface area contributed by atoms with Crippen molar-refractivity contribution in [2.24, 2.45) is 0 Å². The molecule has 0 aliphatic heterocycles. The third kappa shape index (κ3) is 5.41. The molecule has 0 saturated heterocycles. The van der Waals surface area contributed by atoms with E-state index in [0.717, 1.165) is 11.4 Å². The molecule has 0 spiro atoms. The number of carbonyl (C=O) groups excluding carboxylic acids is 1. The minimum Gasteiger partial charge on any atom is -0.497 e. The maximum atomic E-state index is 12.2. The van der Waals surface area contributed by atoms with Gasteiger partial charge in [-0.3, -0.25) is 4.79 Å². The standard InChI is InChI=1S/C20H22N4O4S/c1-24(2)15-7-5-14(6-8-15)21-18(25)12-29-20-23-22-19(28-20)13-9-16(26-3)11-17(10-13)27-4/h5-11H,12H2,1-4H3,(H,21,25). The van der Waals surface area contributed by atoms with Crippen molar-refractivity contribution in [1.29, 1.82) is 0 Å². The maximum absolute atomic E-state index is 12.2. The lowest BCUT2D eigenvalue weighted by Gasteiger charge is -2.12. The fourth-order valence-corrected chi connectivity index (χ4v) is 3.05. The van der Waals surface area contributed by atoms with Crippen LogP contribution in [0.3, 0.4) is 0 Å². The highest BCUT2D eigenvalue weighted by atomic mass is 32.2. The van der Waals surface area contributed by atoms with E-state index < -0.39 is 0 Å². The minimum atomic E-state index is -0.157. The van der Waals surface area contributed by atoms with Crippen LogP contribution in [0, 0.1) is 0 Å². The number of amides is 1. The Balaban J connectivity index is 1.59. The van der Waals surface area contributed by atoms with Crippen LogP contribution in [0.4, 0.5) is 11.4 Å². The summed E-state index contributed by atoms with van der Waals surface area (Å²) in [5, 5.41) is 11.2. The van der Waals surface area contributed by atoms with E-state index in [1.54, 1.807) is 32.4 Å². The Bertz CT molecular complexity index is 951. The first-order valence-electron chi connectivity index (χ1n) is 8.75. The molecule has 29 heavy (non-hydrogen) atoms. The van der Waals surface area contributed by atoms with Gasteiger partial charge in [0.2, 0.25) is 11.8 Å². The second-order valence-corrected chi connectivity index (χ2v) is 7.18. The lowest BCUT2D eigenvalue weighted by Crippen LogP contribution is -2.14. The van der Waals surface area contributed by atoms with Crippen molar-refractivity contribution in [3.05, 3.63) is 42.5 Å². The van der Waals surface area contributed by atoms with Crippen molar-refractivity contribution in [3.8, 4) is 23.0 Å². The molecule has 0 bridgehead atoms. The van der Waals surface area contributed by atoms with Gasteiger partial charge >= 0.3 is 0 Å². The molecule has 3 rings (SSSR count). The number of carbonyl (C=O) groups is 1. The number of thioether (sulfide) groups is 1. The van der Waals surface area contributed by atoms with Crippen LogP contribution in [0.5, 0.6) is 11.5 Å². The van der Waals surface area contributed by atoms with Crippen molar-refractivity contribution in [2.45, 2.75) is 5.22 Å². The van der Waals surface area contributed by atoms with E-state index in [4.69, 9.17) is 13.9 Å². The van der Waals surface area contributed by atoms with Gasteiger partial charge in [0.05, 0.1) is 20.0 Å². The first kappa shape index (κ1) is 20.5. The number of rotatable bonds is 8. The molecule has 1 amide bonds. The summed E-state index contributed by atoms with van der Waals surface area (Å²) in [6.45, 7) is 0. The zero-order valence-electron chi connectivity index (χ0n) is 16.6. The number of hydrogen-bond acceptors (Lipinski definition) is 8. The molecule has 8 nitrogen and oxygen atoms in total. The molecule has 0 saturated carbocycles. The number of nitrogens with one attached hydrogen (secondary N) is 1. The second-order valence-electron chi connectivity index (χ2n) is 6.25. The van der Waals surface area contributed by atoms with E-state index in [-0.39, 0.29) is 11.7 Å². The highest BCUT2D eigenvalue weighted by Gasteiger charge is 2.13. The Hall–Kier alpha value is -3.20. The molecule has 0 aliphatic rings. The minimum absolute atomic E-state index is 0.151. The first-order chi connectivity index (χ1) is 14.0. The zero-order chi connectivity index (χ0) is 20.8.